The highest BCUT2D eigenvalue weighted by Gasteiger charge is 2.43. The molecule has 0 heterocycles. The zero-order valence-electron chi connectivity index (χ0n) is 4.97. The van der Waals surface area contributed by atoms with Crippen molar-refractivity contribution in [1.29, 1.82) is 0 Å². The van der Waals surface area contributed by atoms with Crippen molar-refractivity contribution in [3.05, 3.63) is 0 Å². The number of carbonyl (C=O) groups is 1. The van der Waals surface area contributed by atoms with Crippen molar-refractivity contribution in [2.75, 3.05) is 0 Å². The SMILES string of the molecule is CC(O)(C(=O)O)S(=O)(=O)O. The fraction of sp³-hybridized carbons (Fsp3) is 0.667. The van der Waals surface area contributed by atoms with E-state index in [0.717, 1.165) is 0 Å². The van der Waals surface area contributed by atoms with E-state index in [0.29, 0.717) is 6.92 Å². The van der Waals surface area contributed by atoms with E-state index in [4.69, 9.17) is 14.8 Å². The van der Waals surface area contributed by atoms with Gasteiger partial charge in [-0.25, -0.2) is 4.79 Å². The summed E-state index contributed by atoms with van der Waals surface area (Å²) in [6.45, 7) is 0.463. The van der Waals surface area contributed by atoms with Crippen molar-refractivity contribution in [2.24, 2.45) is 0 Å². The van der Waals surface area contributed by atoms with Gasteiger partial charge in [0, 0.05) is 0 Å². The molecule has 0 radical (unpaired) electrons. The predicted octanol–water partition coefficient (Wildman–Crippen LogP) is -1.33. The first-order valence-electron chi connectivity index (χ1n) is 2.12. The third-order valence-corrected chi connectivity index (χ3v) is 2.08. The third kappa shape index (κ3) is 1.43. The van der Waals surface area contributed by atoms with Crippen molar-refractivity contribution < 1.29 is 28.0 Å². The number of carboxylic acid groups (broad SMARTS) is 1. The second-order valence-electron chi connectivity index (χ2n) is 1.76. The molecule has 1 atom stereocenters. The molecule has 0 saturated heterocycles. The van der Waals surface area contributed by atoms with Crippen molar-refractivity contribution in [3.63, 3.8) is 0 Å². The second kappa shape index (κ2) is 2.19. The van der Waals surface area contributed by atoms with Gasteiger partial charge in [-0.3, -0.25) is 4.55 Å². The Morgan fingerprint density at radius 1 is 1.50 bits per heavy atom. The van der Waals surface area contributed by atoms with Gasteiger partial charge in [0.15, 0.2) is 0 Å². The standard InChI is InChI=1S/C3H6O6S/c1-3(6,2(4)5)10(7,8)9/h6H,1H3,(H,4,5)(H,7,8,9). The molecule has 0 aromatic heterocycles. The topological polar surface area (TPSA) is 112 Å². The molecular weight excluding hydrogens is 164 g/mol. The summed E-state index contributed by atoms with van der Waals surface area (Å²) in [5.74, 6) is -2.02. The van der Waals surface area contributed by atoms with Crippen LogP contribution in [-0.2, 0) is 14.9 Å². The molecule has 0 aromatic rings. The van der Waals surface area contributed by atoms with Gasteiger partial charge >= 0.3 is 16.1 Å². The van der Waals surface area contributed by atoms with Gasteiger partial charge in [0.25, 0.3) is 4.93 Å². The van der Waals surface area contributed by atoms with Crippen LogP contribution in [0.5, 0.6) is 0 Å². The third-order valence-electron chi connectivity index (χ3n) is 0.899. The molecule has 0 fully saturated rings. The smallest absolute Gasteiger partial charge is 0.354 e. The summed E-state index contributed by atoms with van der Waals surface area (Å²) in [5.41, 5.74) is 0. The minimum atomic E-state index is -4.95. The monoisotopic (exact) mass is 170 g/mol. The molecule has 0 bridgehead atoms. The van der Waals surface area contributed by atoms with Gasteiger partial charge in [-0.2, -0.15) is 8.42 Å². The van der Waals surface area contributed by atoms with Gasteiger partial charge < -0.3 is 10.2 Å². The molecule has 10 heavy (non-hydrogen) atoms. The number of aliphatic hydroxyl groups is 1. The van der Waals surface area contributed by atoms with Crippen LogP contribution < -0.4 is 0 Å². The molecule has 7 heteroatoms. The summed E-state index contributed by atoms with van der Waals surface area (Å²) in [5, 5.41) is 16.5. The van der Waals surface area contributed by atoms with E-state index in [9.17, 15) is 13.2 Å². The number of hydrogen-bond acceptors (Lipinski definition) is 4. The number of aliphatic carboxylic acids is 1. The molecule has 0 rings (SSSR count). The second-order valence-corrected chi connectivity index (χ2v) is 3.51. The van der Waals surface area contributed by atoms with E-state index in [-0.39, 0.29) is 0 Å². The van der Waals surface area contributed by atoms with Crippen LogP contribution in [0.2, 0.25) is 0 Å². The van der Waals surface area contributed by atoms with Crippen LogP contribution in [0.25, 0.3) is 0 Å². The van der Waals surface area contributed by atoms with Gasteiger partial charge in [0.1, 0.15) is 0 Å². The van der Waals surface area contributed by atoms with E-state index < -0.39 is 21.0 Å². The molecule has 3 N–H and O–H groups in total. The molecule has 0 aromatic carbocycles. The maximum atomic E-state index is 10.0. The van der Waals surface area contributed by atoms with Gasteiger partial charge in [0.2, 0.25) is 0 Å². The van der Waals surface area contributed by atoms with Crippen LogP contribution >= 0.6 is 0 Å². The van der Waals surface area contributed by atoms with Crippen molar-refractivity contribution >= 4 is 16.1 Å². The summed E-state index contributed by atoms with van der Waals surface area (Å²) in [6, 6.07) is 0. The molecule has 6 nitrogen and oxygen atoms in total. The minimum Gasteiger partial charge on any atom is -0.478 e. The molecular formula is C3H6O6S. The van der Waals surface area contributed by atoms with Crippen LogP contribution in [0.15, 0.2) is 0 Å². The van der Waals surface area contributed by atoms with Crippen molar-refractivity contribution in [3.8, 4) is 0 Å². The summed E-state index contributed by atoms with van der Waals surface area (Å²) in [4.78, 5) is 6.76. The Morgan fingerprint density at radius 3 is 1.80 bits per heavy atom. The normalized spacial score (nSPS) is 17.9. The van der Waals surface area contributed by atoms with E-state index in [1.165, 1.54) is 0 Å². The lowest BCUT2D eigenvalue weighted by atomic mass is 10.4. The summed E-state index contributed by atoms with van der Waals surface area (Å²) in [7, 11) is -4.95. The first kappa shape index (κ1) is 9.34. The van der Waals surface area contributed by atoms with Crippen LogP contribution in [0, 0.1) is 0 Å². The lowest BCUT2D eigenvalue weighted by Gasteiger charge is -2.12. The highest BCUT2D eigenvalue weighted by Crippen LogP contribution is 2.10. The van der Waals surface area contributed by atoms with Crippen LogP contribution in [0.1, 0.15) is 6.92 Å². The summed E-state index contributed by atoms with van der Waals surface area (Å²) < 4.78 is 28.1. The van der Waals surface area contributed by atoms with Crippen LogP contribution in [0.3, 0.4) is 0 Å². The highest BCUT2D eigenvalue weighted by molar-refractivity contribution is 7.87. The van der Waals surface area contributed by atoms with Crippen LogP contribution in [0.4, 0.5) is 0 Å². The van der Waals surface area contributed by atoms with E-state index in [1.54, 1.807) is 0 Å². The molecule has 1 unspecified atom stereocenters. The zero-order chi connectivity index (χ0) is 8.58. The first-order chi connectivity index (χ1) is 4.19. The lowest BCUT2D eigenvalue weighted by molar-refractivity contribution is -0.149. The fourth-order valence-electron chi connectivity index (χ4n) is 0.110. The average molecular weight is 170 g/mol. The average Bonchev–Trinajstić information content (AvgIpc) is 1.62. The van der Waals surface area contributed by atoms with Crippen molar-refractivity contribution in [2.45, 2.75) is 11.9 Å². The maximum absolute atomic E-state index is 10.0. The Morgan fingerprint density at radius 2 is 1.80 bits per heavy atom. The molecule has 0 spiro atoms. The van der Waals surface area contributed by atoms with Gasteiger partial charge in [-0.15, -0.1) is 0 Å². The Bertz CT molecular complexity index is 236. The van der Waals surface area contributed by atoms with Crippen molar-refractivity contribution in [1.82, 2.24) is 0 Å². The predicted molar refractivity (Wildman–Crippen MR) is 29.8 cm³/mol. The molecule has 0 amide bonds. The van der Waals surface area contributed by atoms with E-state index >= 15 is 0 Å². The van der Waals surface area contributed by atoms with Gasteiger partial charge in [0.05, 0.1) is 0 Å². The number of rotatable bonds is 2. The zero-order valence-corrected chi connectivity index (χ0v) is 5.79. The molecule has 0 aliphatic carbocycles. The molecule has 0 aliphatic rings. The fourth-order valence-corrected chi connectivity index (χ4v) is 0.331. The Kier molecular flexibility index (Phi) is 2.04. The quantitative estimate of drug-likeness (QED) is 0.442. The summed E-state index contributed by atoms with van der Waals surface area (Å²) >= 11 is 0. The van der Waals surface area contributed by atoms with Crippen LogP contribution in [-0.4, -0.2) is 34.1 Å². The van der Waals surface area contributed by atoms with E-state index in [1.807, 2.05) is 0 Å². The van der Waals surface area contributed by atoms with Gasteiger partial charge in [-0.1, -0.05) is 0 Å². The summed E-state index contributed by atoms with van der Waals surface area (Å²) in [6.07, 6.45) is 0. The Labute approximate surface area is 56.8 Å². The largest absolute Gasteiger partial charge is 0.478 e. The number of hydrogen-bond donors (Lipinski definition) is 3. The Hall–Kier alpha value is -0.660. The minimum absolute atomic E-state index is 0.463. The maximum Gasteiger partial charge on any atom is 0.354 e. The molecule has 0 saturated carbocycles. The molecule has 0 aliphatic heterocycles. The highest BCUT2D eigenvalue weighted by atomic mass is 32.2. The number of carboxylic acids is 1. The Balaban J connectivity index is 4.95. The lowest BCUT2D eigenvalue weighted by Crippen LogP contribution is -2.42. The van der Waals surface area contributed by atoms with Gasteiger partial charge in [-0.05, 0) is 6.92 Å². The van der Waals surface area contributed by atoms with E-state index in [2.05, 4.69) is 0 Å². The molecule has 60 valence electrons. The first-order valence-corrected chi connectivity index (χ1v) is 3.56.